The SMILES string of the molecule is C[Si](C)(C)OC(=O)c1ccc(N2CCC[Si]2(C)C)cn1. The highest BCUT2D eigenvalue weighted by molar-refractivity contribution is 6.81. The zero-order valence-corrected chi connectivity index (χ0v) is 15.1. The van der Waals surface area contributed by atoms with Crippen molar-refractivity contribution in [3.63, 3.8) is 0 Å². The number of pyridine rings is 1. The van der Waals surface area contributed by atoms with Gasteiger partial charge in [-0.3, -0.25) is 0 Å². The van der Waals surface area contributed by atoms with Crippen molar-refractivity contribution in [2.75, 3.05) is 11.1 Å². The number of nitrogens with zero attached hydrogens (tertiary/aromatic N) is 2. The quantitative estimate of drug-likeness (QED) is 0.802. The third-order valence-electron chi connectivity index (χ3n) is 3.57. The Hall–Kier alpha value is -1.15. The molecule has 0 radical (unpaired) electrons. The normalized spacial score (nSPS) is 18.1. The second kappa shape index (κ2) is 5.33. The number of hydrogen-bond donors (Lipinski definition) is 0. The minimum atomic E-state index is -1.86. The summed E-state index contributed by atoms with van der Waals surface area (Å²) < 4.78 is 7.96. The van der Waals surface area contributed by atoms with Crippen LogP contribution in [0.5, 0.6) is 0 Å². The summed E-state index contributed by atoms with van der Waals surface area (Å²) in [4.78, 5) is 16.3. The van der Waals surface area contributed by atoms with Crippen LogP contribution in [0.25, 0.3) is 0 Å². The van der Waals surface area contributed by atoms with Crippen molar-refractivity contribution >= 4 is 28.2 Å². The van der Waals surface area contributed by atoms with Crippen molar-refractivity contribution in [3.8, 4) is 0 Å². The van der Waals surface area contributed by atoms with Crippen LogP contribution in [0.4, 0.5) is 5.69 Å². The van der Waals surface area contributed by atoms with E-state index in [1.165, 1.54) is 12.5 Å². The number of carbonyl (C=O) groups is 1. The van der Waals surface area contributed by atoms with E-state index >= 15 is 0 Å². The van der Waals surface area contributed by atoms with Crippen molar-refractivity contribution in [2.24, 2.45) is 0 Å². The van der Waals surface area contributed by atoms with Gasteiger partial charge in [-0.25, -0.2) is 9.78 Å². The predicted molar refractivity (Wildman–Crippen MR) is 87.3 cm³/mol. The lowest BCUT2D eigenvalue weighted by molar-refractivity contribution is 0.0718. The molecule has 1 saturated heterocycles. The molecule has 0 amide bonds. The highest BCUT2D eigenvalue weighted by atomic mass is 28.4. The molecule has 0 unspecified atom stereocenters. The third kappa shape index (κ3) is 3.49. The molecular formula is C14H24N2O2Si2. The summed E-state index contributed by atoms with van der Waals surface area (Å²) in [6.45, 7) is 11.9. The zero-order valence-electron chi connectivity index (χ0n) is 13.1. The molecule has 0 saturated carbocycles. The largest absolute Gasteiger partial charge is 0.515 e. The molecule has 110 valence electrons. The van der Waals surface area contributed by atoms with Gasteiger partial charge in [0, 0.05) is 12.2 Å². The van der Waals surface area contributed by atoms with Gasteiger partial charge < -0.3 is 8.99 Å². The van der Waals surface area contributed by atoms with E-state index in [4.69, 9.17) is 4.43 Å². The van der Waals surface area contributed by atoms with Gasteiger partial charge in [0.2, 0.25) is 8.32 Å². The van der Waals surface area contributed by atoms with Crippen molar-refractivity contribution in [3.05, 3.63) is 24.0 Å². The lowest BCUT2D eigenvalue weighted by atomic mass is 10.3. The van der Waals surface area contributed by atoms with Crippen molar-refractivity contribution in [1.82, 2.24) is 4.98 Å². The first kappa shape index (κ1) is 15.2. The van der Waals surface area contributed by atoms with Crippen LogP contribution in [0.3, 0.4) is 0 Å². The van der Waals surface area contributed by atoms with Gasteiger partial charge in [0.05, 0.1) is 6.20 Å². The summed E-state index contributed by atoms with van der Waals surface area (Å²) in [6.07, 6.45) is 3.08. The molecule has 0 aliphatic carbocycles. The van der Waals surface area contributed by atoms with Crippen LogP contribution >= 0.6 is 0 Å². The first-order valence-corrected chi connectivity index (χ1v) is 13.7. The number of anilines is 1. The van der Waals surface area contributed by atoms with E-state index in [1.54, 1.807) is 6.07 Å². The van der Waals surface area contributed by atoms with Crippen molar-refractivity contribution in [2.45, 2.75) is 45.2 Å². The van der Waals surface area contributed by atoms with Crippen molar-refractivity contribution in [1.29, 1.82) is 0 Å². The molecule has 6 heteroatoms. The Morgan fingerprint density at radius 2 is 2.05 bits per heavy atom. The maximum atomic E-state index is 12.0. The molecule has 0 aromatic carbocycles. The van der Waals surface area contributed by atoms with Crippen LogP contribution < -0.4 is 4.57 Å². The molecule has 1 fully saturated rings. The van der Waals surface area contributed by atoms with Gasteiger partial charge in [-0.1, -0.05) is 13.1 Å². The fraction of sp³-hybridized carbons (Fsp3) is 0.571. The molecule has 20 heavy (non-hydrogen) atoms. The van der Waals surface area contributed by atoms with Crippen LogP contribution in [-0.2, 0) is 4.43 Å². The van der Waals surface area contributed by atoms with E-state index in [9.17, 15) is 4.79 Å². The number of aromatic nitrogens is 1. The van der Waals surface area contributed by atoms with Crippen LogP contribution in [0.15, 0.2) is 18.3 Å². The molecule has 4 nitrogen and oxygen atoms in total. The van der Waals surface area contributed by atoms with Crippen LogP contribution in [0.2, 0.25) is 38.8 Å². The maximum Gasteiger partial charge on any atom is 0.343 e. The molecule has 1 aliphatic rings. The molecule has 0 spiro atoms. The number of carbonyl (C=O) groups excluding carboxylic acids is 1. The van der Waals surface area contributed by atoms with E-state index in [0.29, 0.717) is 5.69 Å². The van der Waals surface area contributed by atoms with Gasteiger partial charge in [-0.05, 0) is 44.2 Å². The van der Waals surface area contributed by atoms with Gasteiger partial charge in [0.15, 0.2) is 8.24 Å². The lowest BCUT2D eigenvalue weighted by Gasteiger charge is -2.31. The molecule has 2 rings (SSSR count). The average molecular weight is 309 g/mol. The molecule has 0 bridgehead atoms. The van der Waals surface area contributed by atoms with E-state index < -0.39 is 16.6 Å². The Morgan fingerprint density at radius 1 is 1.35 bits per heavy atom. The minimum absolute atomic E-state index is 0.298. The Bertz CT molecular complexity index is 495. The molecule has 1 aromatic heterocycles. The fourth-order valence-electron chi connectivity index (χ4n) is 2.58. The Kier molecular flexibility index (Phi) is 4.06. The summed E-state index contributed by atoms with van der Waals surface area (Å²) in [5.74, 6) is -0.298. The smallest absolute Gasteiger partial charge is 0.343 e. The summed E-state index contributed by atoms with van der Waals surface area (Å²) in [7, 11) is -3.17. The van der Waals surface area contributed by atoms with Gasteiger partial charge in [-0.2, -0.15) is 0 Å². The second-order valence-corrected chi connectivity index (χ2v) is 16.1. The summed E-state index contributed by atoms with van der Waals surface area (Å²) in [6, 6.07) is 5.13. The van der Waals surface area contributed by atoms with E-state index in [-0.39, 0.29) is 5.97 Å². The second-order valence-electron chi connectivity index (χ2n) is 6.97. The van der Waals surface area contributed by atoms with E-state index in [0.717, 1.165) is 12.2 Å². The minimum Gasteiger partial charge on any atom is -0.515 e. The lowest BCUT2D eigenvalue weighted by Crippen LogP contribution is -2.43. The van der Waals surface area contributed by atoms with Gasteiger partial charge >= 0.3 is 5.97 Å². The first-order valence-electron chi connectivity index (χ1n) is 7.16. The predicted octanol–water partition coefficient (Wildman–Crippen LogP) is 3.49. The highest BCUT2D eigenvalue weighted by Crippen LogP contribution is 2.30. The fourth-order valence-corrected chi connectivity index (χ4v) is 6.13. The van der Waals surface area contributed by atoms with E-state index in [1.807, 2.05) is 31.9 Å². The third-order valence-corrected chi connectivity index (χ3v) is 7.89. The molecular weight excluding hydrogens is 284 g/mol. The monoisotopic (exact) mass is 308 g/mol. The molecule has 2 heterocycles. The topological polar surface area (TPSA) is 42.4 Å². The van der Waals surface area contributed by atoms with Crippen LogP contribution in [0, 0.1) is 0 Å². The number of hydrogen-bond acceptors (Lipinski definition) is 4. The summed E-state index contributed by atoms with van der Waals surface area (Å²) >= 11 is 0. The highest BCUT2D eigenvalue weighted by Gasteiger charge is 2.34. The molecule has 0 atom stereocenters. The Balaban J connectivity index is 2.13. The molecule has 1 aliphatic heterocycles. The summed E-state index contributed by atoms with van der Waals surface area (Å²) in [5, 5.41) is 0. The summed E-state index contributed by atoms with van der Waals surface area (Å²) in [5.41, 5.74) is 1.55. The Morgan fingerprint density at radius 3 is 2.50 bits per heavy atom. The first-order chi connectivity index (χ1) is 9.19. The average Bonchev–Trinajstić information content (AvgIpc) is 2.67. The van der Waals surface area contributed by atoms with E-state index in [2.05, 4.69) is 22.6 Å². The van der Waals surface area contributed by atoms with Crippen LogP contribution in [-0.4, -0.2) is 34.1 Å². The number of rotatable bonds is 3. The van der Waals surface area contributed by atoms with Crippen LogP contribution in [0.1, 0.15) is 16.9 Å². The van der Waals surface area contributed by atoms with Gasteiger partial charge in [0.1, 0.15) is 5.69 Å². The van der Waals surface area contributed by atoms with Gasteiger partial charge in [-0.15, -0.1) is 0 Å². The van der Waals surface area contributed by atoms with Gasteiger partial charge in [0.25, 0.3) is 0 Å². The Labute approximate surface area is 123 Å². The molecule has 0 N–H and O–H groups in total. The zero-order chi connectivity index (χ0) is 15.0. The standard InChI is InChI=1S/C14H24N2O2Si2/c1-19(2,3)18-14(17)13-8-7-12(11-15-13)16-9-6-10-20(16,4)5/h7-8,11H,6,9-10H2,1-5H3. The molecule has 1 aromatic rings. The van der Waals surface area contributed by atoms with Crippen molar-refractivity contribution < 1.29 is 9.22 Å². The maximum absolute atomic E-state index is 12.0.